The molecule has 0 fully saturated rings. The van der Waals surface area contributed by atoms with Gasteiger partial charge in [-0.2, -0.15) is 0 Å². The number of rotatable bonds is 6. The van der Waals surface area contributed by atoms with Crippen molar-refractivity contribution in [1.82, 2.24) is 10.2 Å². The van der Waals surface area contributed by atoms with E-state index in [2.05, 4.69) is 5.32 Å². The molecule has 0 aromatic heterocycles. The van der Waals surface area contributed by atoms with Crippen LogP contribution in [0.15, 0.2) is 48.5 Å². The maximum atomic E-state index is 14.0. The summed E-state index contributed by atoms with van der Waals surface area (Å²) < 4.78 is 14.0. The van der Waals surface area contributed by atoms with Crippen molar-refractivity contribution in [2.24, 2.45) is 0 Å². The highest BCUT2D eigenvalue weighted by molar-refractivity contribution is 5.87. The molecule has 0 aliphatic carbocycles. The van der Waals surface area contributed by atoms with Crippen LogP contribution in [0.2, 0.25) is 0 Å². The number of carboxylic acid groups (broad SMARTS) is 1. The molecule has 0 radical (unpaired) electrons. The summed E-state index contributed by atoms with van der Waals surface area (Å²) in [4.78, 5) is 24.9. The number of benzene rings is 2. The third kappa shape index (κ3) is 4.17. The summed E-state index contributed by atoms with van der Waals surface area (Å²) in [5.41, 5.74) is 1.25. The van der Waals surface area contributed by atoms with Crippen LogP contribution < -0.4 is 5.32 Å². The Bertz CT molecular complexity index is 729. The Morgan fingerprint density at radius 2 is 1.75 bits per heavy atom. The molecule has 6 heteroatoms. The first-order valence-corrected chi connectivity index (χ1v) is 7.41. The van der Waals surface area contributed by atoms with Crippen molar-refractivity contribution in [2.45, 2.75) is 12.6 Å². The summed E-state index contributed by atoms with van der Waals surface area (Å²) in [6, 6.07) is 11.7. The lowest BCUT2D eigenvalue weighted by atomic mass is 10.0. The monoisotopic (exact) mass is 330 g/mol. The summed E-state index contributed by atoms with van der Waals surface area (Å²) in [5, 5.41) is 11.6. The molecule has 0 unspecified atom stereocenters. The SMILES string of the molecule is CN(C)[C@@H](C(=O)NCc1ccc(C(=O)O)cc1)c1ccccc1F. The van der Waals surface area contributed by atoms with Crippen molar-refractivity contribution < 1.29 is 19.1 Å². The second-order valence-corrected chi connectivity index (χ2v) is 5.61. The number of hydrogen-bond donors (Lipinski definition) is 2. The molecule has 0 saturated carbocycles. The van der Waals surface area contributed by atoms with Gasteiger partial charge in [0.15, 0.2) is 0 Å². The number of carboxylic acids is 1. The standard InChI is InChI=1S/C18H19FN2O3/c1-21(2)16(14-5-3-4-6-15(14)19)17(22)20-11-12-7-9-13(10-8-12)18(23)24/h3-10,16H,11H2,1-2H3,(H,20,22)(H,23,24)/t16-/m1/s1. The Balaban J connectivity index is 2.09. The molecule has 2 rings (SSSR count). The van der Waals surface area contributed by atoms with Gasteiger partial charge in [0.1, 0.15) is 11.9 Å². The van der Waals surface area contributed by atoms with Gasteiger partial charge < -0.3 is 10.4 Å². The lowest BCUT2D eigenvalue weighted by Crippen LogP contribution is -2.37. The minimum absolute atomic E-state index is 0.183. The lowest BCUT2D eigenvalue weighted by Gasteiger charge is -2.24. The van der Waals surface area contributed by atoms with Crippen LogP contribution in [0.4, 0.5) is 4.39 Å². The minimum atomic E-state index is -1.00. The number of hydrogen-bond acceptors (Lipinski definition) is 3. The summed E-state index contributed by atoms with van der Waals surface area (Å²) >= 11 is 0. The highest BCUT2D eigenvalue weighted by atomic mass is 19.1. The Morgan fingerprint density at radius 1 is 1.12 bits per heavy atom. The van der Waals surface area contributed by atoms with E-state index in [9.17, 15) is 14.0 Å². The van der Waals surface area contributed by atoms with Crippen molar-refractivity contribution in [1.29, 1.82) is 0 Å². The first-order chi connectivity index (χ1) is 11.4. The fourth-order valence-electron chi connectivity index (χ4n) is 2.40. The first-order valence-electron chi connectivity index (χ1n) is 7.41. The van der Waals surface area contributed by atoms with Crippen LogP contribution in [0, 0.1) is 5.82 Å². The average molecular weight is 330 g/mol. The van der Waals surface area contributed by atoms with Gasteiger partial charge >= 0.3 is 5.97 Å². The third-order valence-corrected chi connectivity index (χ3v) is 3.63. The van der Waals surface area contributed by atoms with Gasteiger partial charge in [-0.05, 0) is 37.9 Å². The maximum absolute atomic E-state index is 14.0. The van der Waals surface area contributed by atoms with Crippen molar-refractivity contribution >= 4 is 11.9 Å². The Kier molecular flexibility index (Phi) is 5.65. The third-order valence-electron chi connectivity index (χ3n) is 3.63. The summed E-state index contributed by atoms with van der Waals surface area (Å²) in [5.74, 6) is -1.76. The molecule has 0 aliphatic heterocycles. The van der Waals surface area contributed by atoms with E-state index in [1.807, 2.05) is 0 Å². The van der Waals surface area contributed by atoms with Gasteiger partial charge in [-0.3, -0.25) is 9.69 Å². The normalized spacial score (nSPS) is 12.0. The van der Waals surface area contributed by atoms with Crippen LogP contribution in [0.25, 0.3) is 0 Å². The van der Waals surface area contributed by atoms with E-state index in [-0.39, 0.29) is 18.0 Å². The molecule has 1 amide bonds. The van der Waals surface area contributed by atoms with E-state index in [0.29, 0.717) is 5.56 Å². The Morgan fingerprint density at radius 3 is 2.29 bits per heavy atom. The number of carbonyl (C=O) groups excluding carboxylic acids is 1. The predicted molar refractivity (Wildman–Crippen MR) is 88.1 cm³/mol. The second kappa shape index (κ2) is 7.70. The van der Waals surface area contributed by atoms with Crippen LogP contribution in [0.1, 0.15) is 27.5 Å². The van der Waals surface area contributed by atoms with Crippen LogP contribution in [0.3, 0.4) is 0 Å². The summed E-state index contributed by atoms with van der Waals surface area (Å²) in [7, 11) is 3.41. The van der Waals surface area contributed by atoms with Gasteiger partial charge in [-0.15, -0.1) is 0 Å². The molecule has 0 spiro atoms. The molecular formula is C18H19FN2O3. The van der Waals surface area contributed by atoms with E-state index in [1.54, 1.807) is 49.3 Å². The fraction of sp³-hybridized carbons (Fsp3) is 0.222. The number of nitrogens with zero attached hydrogens (tertiary/aromatic N) is 1. The van der Waals surface area contributed by atoms with E-state index in [4.69, 9.17) is 5.11 Å². The van der Waals surface area contributed by atoms with Crippen LogP contribution in [-0.4, -0.2) is 36.0 Å². The van der Waals surface area contributed by atoms with E-state index < -0.39 is 17.8 Å². The molecule has 0 bridgehead atoms. The van der Waals surface area contributed by atoms with Gasteiger partial charge in [0.05, 0.1) is 5.56 Å². The van der Waals surface area contributed by atoms with Gasteiger partial charge in [-0.25, -0.2) is 9.18 Å². The molecule has 0 aliphatic rings. The van der Waals surface area contributed by atoms with Crippen LogP contribution in [-0.2, 0) is 11.3 Å². The summed E-state index contributed by atoms with van der Waals surface area (Å²) in [6.07, 6.45) is 0. The Hall–Kier alpha value is -2.73. The second-order valence-electron chi connectivity index (χ2n) is 5.61. The van der Waals surface area contributed by atoms with E-state index in [0.717, 1.165) is 5.56 Å². The molecule has 1 atom stereocenters. The largest absolute Gasteiger partial charge is 0.478 e. The number of aromatic carboxylic acids is 1. The lowest BCUT2D eigenvalue weighted by molar-refractivity contribution is -0.126. The maximum Gasteiger partial charge on any atom is 0.335 e. The van der Waals surface area contributed by atoms with Crippen molar-refractivity contribution in [3.63, 3.8) is 0 Å². The average Bonchev–Trinajstić information content (AvgIpc) is 2.55. The zero-order valence-electron chi connectivity index (χ0n) is 13.5. The molecule has 5 nitrogen and oxygen atoms in total. The van der Waals surface area contributed by atoms with Crippen molar-refractivity contribution in [3.05, 3.63) is 71.0 Å². The van der Waals surface area contributed by atoms with E-state index >= 15 is 0 Å². The number of nitrogens with one attached hydrogen (secondary N) is 1. The molecule has 2 aromatic carbocycles. The molecular weight excluding hydrogens is 311 g/mol. The van der Waals surface area contributed by atoms with Crippen LogP contribution >= 0.6 is 0 Å². The van der Waals surface area contributed by atoms with Gasteiger partial charge in [0, 0.05) is 12.1 Å². The molecule has 2 aromatic rings. The topological polar surface area (TPSA) is 69.6 Å². The quantitative estimate of drug-likeness (QED) is 0.853. The number of likely N-dealkylation sites (N-methyl/N-ethyl adjacent to an activating group) is 1. The van der Waals surface area contributed by atoms with Gasteiger partial charge in [0.25, 0.3) is 0 Å². The first kappa shape index (κ1) is 17.6. The fourth-order valence-corrected chi connectivity index (χ4v) is 2.40. The highest BCUT2D eigenvalue weighted by Crippen LogP contribution is 2.21. The van der Waals surface area contributed by atoms with Gasteiger partial charge in [-0.1, -0.05) is 30.3 Å². The molecule has 2 N–H and O–H groups in total. The zero-order valence-corrected chi connectivity index (χ0v) is 13.5. The van der Waals surface area contributed by atoms with Crippen molar-refractivity contribution in [3.8, 4) is 0 Å². The minimum Gasteiger partial charge on any atom is -0.478 e. The smallest absolute Gasteiger partial charge is 0.335 e. The molecule has 0 saturated heterocycles. The van der Waals surface area contributed by atoms with Crippen molar-refractivity contribution in [2.75, 3.05) is 14.1 Å². The predicted octanol–water partition coefficient (Wildman–Crippen LogP) is 2.44. The Labute approximate surface area is 139 Å². The highest BCUT2D eigenvalue weighted by Gasteiger charge is 2.25. The molecule has 0 heterocycles. The number of halogens is 1. The zero-order chi connectivity index (χ0) is 17.7. The van der Waals surface area contributed by atoms with Gasteiger partial charge in [0.2, 0.25) is 5.91 Å². The number of carbonyl (C=O) groups is 2. The molecule has 126 valence electrons. The van der Waals surface area contributed by atoms with Crippen LogP contribution in [0.5, 0.6) is 0 Å². The van der Waals surface area contributed by atoms with E-state index in [1.165, 1.54) is 18.2 Å². The summed E-state index contributed by atoms with van der Waals surface area (Å²) in [6.45, 7) is 0.234. The molecule has 24 heavy (non-hydrogen) atoms. The number of amides is 1.